The van der Waals surface area contributed by atoms with E-state index in [0.29, 0.717) is 39.9 Å². The van der Waals surface area contributed by atoms with Crippen molar-refractivity contribution in [2.24, 2.45) is 11.8 Å². The number of aliphatic hydroxyl groups excluding tert-OH is 1. The van der Waals surface area contributed by atoms with Crippen LogP contribution in [0.2, 0.25) is 35.7 Å². The number of likely N-dealkylation sites (tertiary alicyclic amines) is 1. The van der Waals surface area contributed by atoms with E-state index in [4.69, 9.17) is 37.7 Å². The lowest BCUT2D eigenvalue weighted by atomic mass is 9.74. The topological polar surface area (TPSA) is 86.7 Å². The molecule has 2 aliphatic heterocycles. The molecule has 0 saturated carbocycles. The zero-order chi connectivity index (χ0) is 29.3. The number of ether oxygens (including phenoxy) is 2. The minimum Gasteiger partial charge on any atom is -0.484 e. The van der Waals surface area contributed by atoms with E-state index in [2.05, 4.69) is 39.4 Å². The van der Waals surface area contributed by atoms with Crippen molar-refractivity contribution in [2.75, 3.05) is 37.7 Å². The highest BCUT2D eigenvalue weighted by Gasteiger charge is 2.45. The number of aromatic nitrogens is 3. The average molecular weight is 621 g/mol. The summed E-state index contributed by atoms with van der Waals surface area (Å²) in [6.07, 6.45) is 3.21. The number of aliphatic hydroxyl groups is 1. The molecule has 11 heteroatoms. The molecule has 5 rings (SSSR count). The zero-order valence-electron chi connectivity index (χ0n) is 24.7. The van der Waals surface area contributed by atoms with E-state index >= 15 is 0 Å². The third kappa shape index (κ3) is 7.20. The Kier molecular flexibility index (Phi) is 9.52. The van der Waals surface area contributed by atoms with Crippen molar-refractivity contribution < 1.29 is 14.6 Å². The summed E-state index contributed by atoms with van der Waals surface area (Å²) in [4.78, 5) is 17.1. The van der Waals surface area contributed by atoms with Gasteiger partial charge in [-0.05, 0) is 50.8 Å². The number of aromatic amines is 1. The Labute approximate surface area is 254 Å². The quantitative estimate of drug-likeness (QED) is 0.184. The molecule has 41 heavy (non-hydrogen) atoms. The Bertz CT molecular complexity index is 1330. The highest BCUT2D eigenvalue weighted by atomic mass is 35.5. The number of nitrogens with one attached hydrogen (secondary N) is 1. The third-order valence-corrected chi connectivity index (χ3v) is 10.8. The summed E-state index contributed by atoms with van der Waals surface area (Å²) >= 11 is 12.6. The van der Waals surface area contributed by atoms with Gasteiger partial charge in [-0.1, -0.05) is 48.9 Å². The van der Waals surface area contributed by atoms with Crippen LogP contribution in [0.15, 0.2) is 30.6 Å². The Morgan fingerprint density at radius 2 is 1.98 bits per heavy atom. The number of benzene rings is 1. The molecule has 4 heterocycles. The molecule has 2 fully saturated rings. The van der Waals surface area contributed by atoms with E-state index in [-0.39, 0.29) is 12.1 Å². The van der Waals surface area contributed by atoms with Crippen LogP contribution < -0.4 is 9.64 Å². The van der Waals surface area contributed by atoms with Gasteiger partial charge in [-0.15, -0.1) is 0 Å². The maximum absolute atomic E-state index is 10.3. The third-order valence-electron chi connectivity index (χ3n) is 8.56. The average Bonchev–Trinajstić information content (AvgIpc) is 3.36. The molecule has 224 valence electrons. The number of piperidine rings is 1. The van der Waals surface area contributed by atoms with Crippen molar-refractivity contribution in [3.8, 4) is 5.75 Å². The number of halogens is 2. The highest BCUT2D eigenvalue weighted by Crippen LogP contribution is 2.41. The van der Waals surface area contributed by atoms with Crippen LogP contribution in [0.5, 0.6) is 5.75 Å². The van der Waals surface area contributed by atoms with Crippen molar-refractivity contribution in [2.45, 2.75) is 70.7 Å². The van der Waals surface area contributed by atoms with Crippen LogP contribution in [0.1, 0.15) is 38.4 Å². The van der Waals surface area contributed by atoms with Gasteiger partial charge in [-0.2, -0.15) is 0 Å². The van der Waals surface area contributed by atoms with Gasteiger partial charge in [0.25, 0.3) is 0 Å². The van der Waals surface area contributed by atoms with Crippen molar-refractivity contribution in [3.63, 3.8) is 0 Å². The summed E-state index contributed by atoms with van der Waals surface area (Å²) < 4.78 is 12.8. The van der Waals surface area contributed by atoms with Crippen molar-refractivity contribution in [3.05, 3.63) is 46.2 Å². The monoisotopic (exact) mass is 619 g/mol. The minimum atomic E-state index is -1.19. The van der Waals surface area contributed by atoms with Crippen LogP contribution >= 0.6 is 23.2 Å². The second kappa shape index (κ2) is 12.8. The standard InChI is InChI=1S/C30H43Cl2N5O3Si/c1-19(23-9-8-22(31)13-25(23)32)40-27-14-28(35-30-29(27)33-18-34-30)37-16-24(21-7-6-10-36(15-21)20(2)38)26(37)17-39-11-12-41(3,4)5/h8-9,13-14,18-21,24,26,38H,6-7,10-12,15-17H2,1-5H3,(H,33,34,35)/t19-,20?,21?,24?,26?/m1/s1. The second-order valence-electron chi connectivity index (χ2n) is 12.8. The predicted molar refractivity (Wildman–Crippen MR) is 169 cm³/mol. The van der Waals surface area contributed by atoms with Crippen LogP contribution in [0.3, 0.4) is 0 Å². The molecular formula is C30H43Cl2N5O3Si. The number of H-pyrrole nitrogens is 1. The van der Waals surface area contributed by atoms with E-state index in [0.717, 1.165) is 55.6 Å². The van der Waals surface area contributed by atoms with Gasteiger partial charge >= 0.3 is 0 Å². The summed E-state index contributed by atoms with van der Waals surface area (Å²) in [7, 11) is -1.19. The molecule has 8 nitrogen and oxygen atoms in total. The van der Waals surface area contributed by atoms with Crippen LogP contribution in [-0.4, -0.2) is 78.2 Å². The van der Waals surface area contributed by atoms with Gasteiger partial charge in [0.2, 0.25) is 0 Å². The number of anilines is 1. The molecule has 3 aromatic rings. The molecule has 2 N–H and O–H groups in total. The number of hydrogen-bond acceptors (Lipinski definition) is 7. The number of nitrogens with zero attached hydrogens (tertiary/aromatic N) is 4. The maximum atomic E-state index is 10.3. The Morgan fingerprint density at radius 3 is 2.71 bits per heavy atom. The molecule has 2 saturated heterocycles. The molecule has 0 bridgehead atoms. The molecule has 0 spiro atoms. The summed E-state index contributed by atoms with van der Waals surface area (Å²) in [6.45, 7) is 15.2. The minimum absolute atomic E-state index is 0.204. The number of hydrogen-bond donors (Lipinski definition) is 2. The smallest absolute Gasteiger partial charge is 0.183 e. The zero-order valence-corrected chi connectivity index (χ0v) is 27.3. The molecular weight excluding hydrogens is 577 g/mol. The van der Waals surface area contributed by atoms with Crippen LogP contribution in [-0.2, 0) is 4.74 Å². The van der Waals surface area contributed by atoms with Crippen molar-refractivity contribution >= 4 is 48.3 Å². The Morgan fingerprint density at radius 1 is 1.17 bits per heavy atom. The first-order valence-electron chi connectivity index (χ1n) is 14.7. The van der Waals surface area contributed by atoms with Crippen molar-refractivity contribution in [1.29, 1.82) is 0 Å². The fourth-order valence-corrected chi connectivity index (χ4v) is 7.36. The fourth-order valence-electron chi connectivity index (χ4n) is 6.04. The van der Waals surface area contributed by atoms with Gasteiger partial charge in [0.05, 0.1) is 19.0 Å². The first-order valence-corrected chi connectivity index (χ1v) is 19.2. The molecule has 0 aliphatic carbocycles. The summed E-state index contributed by atoms with van der Waals surface area (Å²) in [6, 6.07) is 8.81. The lowest BCUT2D eigenvalue weighted by molar-refractivity contribution is -0.0305. The van der Waals surface area contributed by atoms with E-state index in [1.807, 2.05) is 32.0 Å². The second-order valence-corrected chi connectivity index (χ2v) is 19.3. The largest absolute Gasteiger partial charge is 0.484 e. The molecule has 1 aromatic carbocycles. The molecule has 2 aromatic heterocycles. The fraction of sp³-hybridized carbons (Fsp3) is 0.600. The van der Waals surface area contributed by atoms with Gasteiger partial charge < -0.3 is 24.5 Å². The van der Waals surface area contributed by atoms with E-state index in [1.165, 1.54) is 6.42 Å². The maximum Gasteiger partial charge on any atom is 0.183 e. The van der Waals surface area contributed by atoms with Gasteiger partial charge in [-0.25, -0.2) is 9.97 Å². The van der Waals surface area contributed by atoms with Gasteiger partial charge in [0.1, 0.15) is 23.7 Å². The van der Waals surface area contributed by atoms with Crippen molar-refractivity contribution in [1.82, 2.24) is 19.9 Å². The Balaban J connectivity index is 1.38. The van der Waals surface area contributed by atoms with Gasteiger partial charge in [0, 0.05) is 61.9 Å². The first kappa shape index (κ1) is 30.6. The lowest BCUT2D eigenvalue weighted by Crippen LogP contribution is -2.63. The number of rotatable bonds is 11. The van der Waals surface area contributed by atoms with E-state index in [9.17, 15) is 5.11 Å². The molecule has 4 unspecified atom stereocenters. The predicted octanol–water partition coefficient (Wildman–Crippen LogP) is 6.61. The Hall–Kier alpha value is -1.88. The van der Waals surface area contributed by atoms with Crippen LogP contribution in [0.4, 0.5) is 5.82 Å². The highest BCUT2D eigenvalue weighted by molar-refractivity contribution is 6.76. The van der Waals surface area contributed by atoms with E-state index in [1.54, 1.807) is 12.4 Å². The molecule has 5 atom stereocenters. The van der Waals surface area contributed by atoms with E-state index < -0.39 is 14.3 Å². The number of imidazole rings is 1. The van der Waals surface area contributed by atoms with Crippen LogP contribution in [0.25, 0.3) is 11.2 Å². The lowest BCUT2D eigenvalue weighted by Gasteiger charge is -2.53. The first-order chi connectivity index (χ1) is 19.5. The summed E-state index contributed by atoms with van der Waals surface area (Å²) in [5.41, 5.74) is 2.23. The van der Waals surface area contributed by atoms with Gasteiger partial charge in [0.15, 0.2) is 11.4 Å². The van der Waals surface area contributed by atoms with Crippen LogP contribution in [0, 0.1) is 11.8 Å². The molecule has 0 radical (unpaired) electrons. The summed E-state index contributed by atoms with van der Waals surface area (Å²) in [5.74, 6) is 2.50. The molecule has 0 amide bonds. The summed E-state index contributed by atoms with van der Waals surface area (Å²) in [5, 5.41) is 11.4. The van der Waals surface area contributed by atoms with Gasteiger partial charge in [-0.3, -0.25) is 4.90 Å². The molecule has 2 aliphatic rings. The number of fused-ring (bicyclic) bond motifs is 1. The number of pyridine rings is 1. The normalized spacial score (nSPS) is 23.4. The SMILES string of the molecule is CC(O)N1CCCC(C2CN(c3cc(O[C@H](C)c4ccc(Cl)cc4Cl)c4[nH]cnc4n3)C2COCC[Si](C)(C)C)C1.